The number of halogens is 1. The summed E-state index contributed by atoms with van der Waals surface area (Å²) in [7, 11) is 3.35. The second-order valence-electron chi connectivity index (χ2n) is 7.64. The summed E-state index contributed by atoms with van der Waals surface area (Å²) in [4.78, 5) is 7.65. The van der Waals surface area contributed by atoms with Gasteiger partial charge >= 0.3 is 0 Å². The van der Waals surface area contributed by atoms with Crippen molar-refractivity contribution in [3.63, 3.8) is 0 Å². The average Bonchev–Trinajstić information content (AvgIpc) is 2.76. The van der Waals surface area contributed by atoms with Crippen LogP contribution in [0.4, 0.5) is 0 Å². The van der Waals surface area contributed by atoms with E-state index in [1.54, 1.807) is 14.2 Å². The highest BCUT2D eigenvalue weighted by molar-refractivity contribution is 9.10. The van der Waals surface area contributed by atoms with E-state index in [2.05, 4.69) is 50.3 Å². The predicted molar refractivity (Wildman–Crippen MR) is 123 cm³/mol. The Bertz CT molecular complexity index is 787. The van der Waals surface area contributed by atoms with Crippen molar-refractivity contribution < 1.29 is 9.57 Å². The van der Waals surface area contributed by atoms with Crippen LogP contribution in [-0.4, -0.2) is 44.5 Å². The first-order chi connectivity index (χ1) is 14.2. The first-order valence-electron chi connectivity index (χ1n) is 10.4. The number of ether oxygens (including phenoxy) is 1. The van der Waals surface area contributed by atoms with Crippen LogP contribution in [0, 0.1) is 5.92 Å². The Kier molecular flexibility index (Phi) is 8.56. The molecule has 4 nitrogen and oxygen atoms in total. The Balaban J connectivity index is 1.43. The van der Waals surface area contributed by atoms with Gasteiger partial charge in [-0.25, -0.2) is 0 Å². The minimum absolute atomic E-state index is 0.740. The van der Waals surface area contributed by atoms with Crippen molar-refractivity contribution in [2.45, 2.75) is 32.1 Å². The number of benzene rings is 2. The Morgan fingerprint density at radius 2 is 1.86 bits per heavy atom. The molecule has 2 aromatic carbocycles. The Morgan fingerprint density at radius 3 is 2.55 bits per heavy atom. The van der Waals surface area contributed by atoms with Gasteiger partial charge in [0, 0.05) is 4.47 Å². The number of nitrogens with zero attached hydrogens (tertiary/aromatic N) is 2. The van der Waals surface area contributed by atoms with E-state index in [-0.39, 0.29) is 0 Å². The van der Waals surface area contributed by atoms with Crippen molar-refractivity contribution in [1.29, 1.82) is 0 Å². The van der Waals surface area contributed by atoms with Crippen molar-refractivity contribution in [3.05, 3.63) is 64.1 Å². The van der Waals surface area contributed by atoms with Crippen molar-refractivity contribution in [2.24, 2.45) is 11.1 Å². The quantitative estimate of drug-likeness (QED) is 0.365. The molecular weight excluding hydrogens is 428 g/mol. The van der Waals surface area contributed by atoms with Crippen molar-refractivity contribution in [2.75, 3.05) is 33.9 Å². The van der Waals surface area contributed by atoms with Crippen LogP contribution in [0.2, 0.25) is 0 Å². The predicted octanol–water partition coefficient (Wildman–Crippen LogP) is 5.54. The maximum atomic E-state index is 5.38. The molecule has 3 rings (SSSR count). The molecule has 5 heteroatoms. The zero-order valence-electron chi connectivity index (χ0n) is 17.4. The molecule has 0 N–H and O–H groups in total. The fourth-order valence-corrected chi connectivity index (χ4v) is 4.42. The first-order valence-corrected chi connectivity index (χ1v) is 11.2. The van der Waals surface area contributed by atoms with Crippen LogP contribution in [0.25, 0.3) is 0 Å². The van der Waals surface area contributed by atoms with Gasteiger partial charge in [-0.3, -0.25) is 0 Å². The lowest BCUT2D eigenvalue weighted by molar-refractivity contribution is 0.182. The minimum atomic E-state index is 0.740. The monoisotopic (exact) mass is 458 g/mol. The third-order valence-electron chi connectivity index (χ3n) is 5.67. The van der Waals surface area contributed by atoms with E-state index in [1.165, 1.54) is 36.0 Å². The van der Waals surface area contributed by atoms with Crippen LogP contribution in [0.1, 0.15) is 36.8 Å². The van der Waals surface area contributed by atoms with Gasteiger partial charge in [-0.15, -0.1) is 0 Å². The molecule has 0 amide bonds. The molecule has 0 saturated carbocycles. The number of oxime groups is 1. The molecule has 0 aliphatic carbocycles. The van der Waals surface area contributed by atoms with E-state index in [9.17, 15) is 0 Å². The maximum absolute atomic E-state index is 5.38. The highest BCUT2D eigenvalue weighted by Crippen LogP contribution is 2.28. The van der Waals surface area contributed by atoms with E-state index in [0.29, 0.717) is 0 Å². The van der Waals surface area contributed by atoms with Gasteiger partial charge in [0.05, 0.1) is 12.8 Å². The summed E-state index contributed by atoms with van der Waals surface area (Å²) in [5.74, 6) is 1.68. The molecule has 0 atom stereocenters. The normalized spacial score (nSPS) is 16.0. The van der Waals surface area contributed by atoms with Gasteiger partial charge in [0.15, 0.2) is 0 Å². The van der Waals surface area contributed by atoms with E-state index in [0.717, 1.165) is 48.7 Å². The molecule has 0 spiro atoms. The molecule has 0 radical (unpaired) electrons. The van der Waals surface area contributed by atoms with E-state index in [1.807, 2.05) is 24.3 Å². The standard InChI is InChI=1S/C24H31BrN2O2/c1-28-22-10-11-23(25)21(18-22)17-19-12-15-27(16-13-19)14-6-9-24(26-29-2)20-7-4-3-5-8-20/h3-5,7-8,10-11,18-19H,6,9,12-17H2,1-2H3. The Labute approximate surface area is 183 Å². The number of rotatable bonds is 9. The topological polar surface area (TPSA) is 34.1 Å². The molecule has 0 aromatic heterocycles. The van der Waals surface area contributed by atoms with Crippen LogP contribution in [0.5, 0.6) is 5.75 Å². The second-order valence-corrected chi connectivity index (χ2v) is 8.49. The minimum Gasteiger partial charge on any atom is -0.497 e. The molecule has 29 heavy (non-hydrogen) atoms. The molecule has 0 bridgehead atoms. The molecular formula is C24H31BrN2O2. The lowest BCUT2D eigenvalue weighted by Crippen LogP contribution is -2.35. The lowest BCUT2D eigenvalue weighted by Gasteiger charge is -2.32. The molecule has 1 aliphatic rings. The molecule has 1 saturated heterocycles. The van der Waals surface area contributed by atoms with Gasteiger partial charge in [-0.1, -0.05) is 51.4 Å². The van der Waals surface area contributed by atoms with Gasteiger partial charge in [0.2, 0.25) is 0 Å². The number of piperidine rings is 1. The Hall–Kier alpha value is -1.85. The van der Waals surface area contributed by atoms with Crippen LogP contribution >= 0.6 is 15.9 Å². The van der Waals surface area contributed by atoms with Gasteiger partial charge in [-0.05, 0) is 87.0 Å². The highest BCUT2D eigenvalue weighted by Gasteiger charge is 2.20. The zero-order valence-corrected chi connectivity index (χ0v) is 19.0. The van der Waals surface area contributed by atoms with E-state index < -0.39 is 0 Å². The summed E-state index contributed by atoms with van der Waals surface area (Å²) in [6, 6.07) is 16.6. The fraction of sp³-hybridized carbons (Fsp3) is 0.458. The molecule has 1 heterocycles. The van der Waals surface area contributed by atoms with E-state index >= 15 is 0 Å². The average molecular weight is 459 g/mol. The summed E-state index contributed by atoms with van der Waals surface area (Å²) in [5, 5.41) is 4.24. The van der Waals surface area contributed by atoms with Gasteiger partial charge in [0.1, 0.15) is 12.9 Å². The molecule has 1 aliphatic heterocycles. The number of methoxy groups -OCH3 is 1. The van der Waals surface area contributed by atoms with Crippen molar-refractivity contribution in [1.82, 2.24) is 4.90 Å². The SMILES string of the molecule is CON=C(CCCN1CCC(Cc2cc(OC)ccc2Br)CC1)c1ccccc1. The largest absolute Gasteiger partial charge is 0.497 e. The van der Waals surface area contributed by atoms with E-state index in [4.69, 9.17) is 9.57 Å². The maximum Gasteiger partial charge on any atom is 0.119 e. The fourth-order valence-electron chi connectivity index (χ4n) is 4.01. The van der Waals surface area contributed by atoms with Crippen molar-refractivity contribution >= 4 is 21.6 Å². The smallest absolute Gasteiger partial charge is 0.119 e. The van der Waals surface area contributed by atoms with Gasteiger partial charge in [0.25, 0.3) is 0 Å². The zero-order chi connectivity index (χ0) is 20.5. The van der Waals surface area contributed by atoms with Gasteiger partial charge < -0.3 is 14.5 Å². The number of hydrogen-bond acceptors (Lipinski definition) is 4. The Morgan fingerprint density at radius 1 is 1.10 bits per heavy atom. The summed E-state index contributed by atoms with van der Waals surface area (Å²) in [6.45, 7) is 3.47. The van der Waals surface area contributed by atoms with Crippen LogP contribution in [-0.2, 0) is 11.3 Å². The van der Waals surface area contributed by atoms with Crippen LogP contribution in [0.15, 0.2) is 58.2 Å². The molecule has 156 valence electrons. The molecule has 0 unspecified atom stereocenters. The molecule has 2 aromatic rings. The summed E-state index contributed by atoms with van der Waals surface area (Å²) >= 11 is 3.69. The number of likely N-dealkylation sites (tertiary alicyclic amines) is 1. The third kappa shape index (κ3) is 6.58. The summed E-state index contributed by atoms with van der Waals surface area (Å²) in [5.41, 5.74) is 3.54. The summed E-state index contributed by atoms with van der Waals surface area (Å²) < 4.78 is 6.57. The third-order valence-corrected chi connectivity index (χ3v) is 6.44. The highest BCUT2D eigenvalue weighted by atomic mass is 79.9. The van der Waals surface area contributed by atoms with Crippen LogP contribution < -0.4 is 4.74 Å². The lowest BCUT2D eigenvalue weighted by atomic mass is 9.90. The molecule has 1 fully saturated rings. The first kappa shape index (κ1) is 21.8. The van der Waals surface area contributed by atoms with Crippen molar-refractivity contribution in [3.8, 4) is 5.75 Å². The second kappa shape index (κ2) is 11.4. The van der Waals surface area contributed by atoms with Crippen LogP contribution in [0.3, 0.4) is 0 Å². The summed E-state index contributed by atoms with van der Waals surface area (Å²) in [6.07, 6.45) is 5.66. The number of hydrogen-bond donors (Lipinski definition) is 0. The van der Waals surface area contributed by atoms with Gasteiger partial charge in [-0.2, -0.15) is 0 Å².